The predicted octanol–water partition coefficient (Wildman–Crippen LogP) is -0.402. The highest BCUT2D eigenvalue weighted by molar-refractivity contribution is 7.89. The number of amides is 2. The summed E-state index contributed by atoms with van der Waals surface area (Å²) in [5.74, 6) is 0. The topological polar surface area (TPSA) is 113 Å². The summed E-state index contributed by atoms with van der Waals surface area (Å²) in [4.78, 5) is 23.4. The van der Waals surface area contributed by atoms with E-state index >= 15 is 0 Å². The molecule has 0 saturated heterocycles. The first-order valence-corrected chi connectivity index (χ1v) is 8.52. The molecular formula is C12H20BN5O3S. The van der Waals surface area contributed by atoms with Gasteiger partial charge in [0.25, 0.3) is 5.16 Å². The molecule has 2 N–H and O–H groups in total. The van der Waals surface area contributed by atoms with E-state index in [2.05, 4.69) is 20.3 Å². The number of rotatable bonds is 7. The molecule has 2 amide bonds. The lowest BCUT2D eigenvalue weighted by Crippen LogP contribution is -2.40. The van der Waals surface area contributed by atoms with Gasteiger partial charge in [0.05, 0.1) is 12.2 Å². The molecule has 0 aromatic carbocycles. The Bertz CT molecular complexity index is 648. The van der Waals surface area contributed by atoms with Crippen molar-refractivity contribution in [3.05, 3.63) is 17.5 Å². The fourth-order valence-corrected chi connectivity index (χ4v) is 2.45. The molecule has 0 bridgehead atoms. The number of urea groups is 1. The second-order valence-electron chi connectivity index (χ2n) is 4.44. The first-order valence-electron chi connectivity index (χ1n) is 7.04. The molecule has 8 nitrogen and oxygen atoms in total. The van der Waals surface area contributed by atoms with Crippen molar-refractivity contribution in [2.45, 2.75) is 38.4 Å². The maximum absolute atomic E-state index is 12.1. The van der Waals surface area contributed by atoms with Crippen LogP contribution in [0, 0.1) is 0 Å². The van der Waals surface area contributed by atoms with Crippen molar-refractivity contribution in [1.82, 2.24) is 20.0 Å². The van der Waals surface area contributed by atoms with Crippen molar-refractivity contribution in [3.8, 4) is 0 Å². The van der Waals surface area contributed by atoms with Crippen LogP contribution in [0.25, 0.3) is 0 Å². The molecule has 120 valence electrons. The van der Waals surface area contributed by atoms with E-state index in [1.165, 1.54) is 6.20 Å². The first-order chi connectivity index (χ1) is 10.4. The van der Waals surface area contributed by atoms with Gasteiger partial charge in [-0.15, -0.1) is 0 Å². The normalized spacial score (nSPS) is 11.5. The van der Waals surface area contributed by atoms with Crippen molar-refractivity contribution < 1.29 is 13.2 Å². The van der Waals surface area contributed by atoms with Crippen LogP contribution in [0.15, 0.2) is 16.3 Å². The number of sulfonamides is 1. The summed E-state index contributed by atoms with van der Waals surface area (Å²) in [6.45, 7) is 4.50. The van der Waals surface area contributed by atoms with Gasteiger partial charge in [0, 0.05) is 18.3 Å². The molecule has 1 aromatic rings. The first kappa shape index (κ1) is 18.1. The second-order valence-corrected chi connectivity index (χ2v) is 6.01. The summed E-state index contributed by atoms with van der Waals surface area (Å²) in [6, 6.07) is -0.789. The Labute approximate surface area is 131 Å². The minimum atomic E-state index is -4.08. The van der Waals surface area contributed by atoms with Crippen LogP contribution in [-0.4, -0.2) is 44.9 Å². The number of aryl methyl sites for hydroxylation is 1. The second kappa shape index (κ2) is 8.47. The van der Waals surface area contributed by atoms with E-state index in [1.54, 1.807) is 14.0 Å². The van der Waals surface area contributed by atoms with Crippen LogP contribution in [-0.2, 0) is 23.0 Å². The van der Waals surface area contributed by atoms with E-state index in [0.29, 0.717) is 31.6 Å². The number of hydrogen-bond acceptors (Lipinski definition) is 6. The Morgan fingerprint density at radius 3 is 2.77 bits per heavy atom. The molecule has 0 radical (unpaired) electrons. The molecule has 0 aliphatic heterocycles. The highest BCUT2D eigenvalue weighted by Crippen LogP contribution is 2.10. The van der Waals surface area contributed by atoms with Crippen LogP contribution in [0.2, 0.25) is 0 Å². The Kier molecular flexibility index (Phi) is 6.96. The van der Waals surface area contributed by atoms with Crippen LogP contribution >= 0.6 is 0 Å². The molecule has 22 heavy (non-hydrogen) atoms. The maximum Gasteiger partial charge on any atom is 0.328 e. The van der Waals surface area contributed by atoms with E-state index in [1.807, 2.05) is 18.6 Å². The van der Waals surface area contributed by atoms with Crippen LogP contribution in [0.4, 0.5) is 4.79 Å². The SMILES string of the molecule is B/C=N/Cc1cnc(S(=O)(=O)NC(=O)NCCC)nc1CC. The zero-order valence-corrected chi connectivity index (χ0v) is 13.8. The van der Waals surface area contributed by atoms with E-state index in [-0.39, 0.29) is 0 Å². The van der Waals surface area contributed by atoms with Gasteiger partial charge in [-0.25, -0.2) is 19.5 Å². The van der Waals surface area contributed by atoms with Gasteiger partial charge in [0.15, 0.2) is 7.85 Å². The van der Waals surface area contributed by atoms with Gasteiger partial charge < -0.3 is 10.3 Å². The lowest BCUT2D eigenvalue weighted by atomic mass is 10.2. The summed E-state index contributed by atoms with van der Waals surface area (Å²) in [5.41, 5.74) is 1.35. The third kappa shape index (κ3) is 5.10. The standard InChI is InChI=1S/C12H20BN5O3S/c1-3-5-15-11(19)18-22(20,21)12-16-7-9(6-14-8-13)10(4-2)17-12/h7-8H,3-6,13H2,1-2H3,(H2,15,18,19)/b14-8+. The summed E-state index contributed by atoms with van der Waals surface area (Å²) in [6.07, 6.45) is 4.33. The minimum Gasteiger partial charge on any atom is -0.337 e. The molecular weight excluding hydrogens is 305 g/mol. The quantitative estimate of drug-likeness (QED) is 0.402. The smallest absolute Gasteiger partial charge is 0.328 e. The third-order valence-electron chi connectivity index (χ3n) is 2.71. The lowest BCUT2D eigenvalue weighted by molar-refractivity contribution is 0.246. The largest absolute Gasteiger partial charge is 0.337 e. The monoisotopic (exact) mass is 325 g/mol. The summed E-state index contributed by atoms with van der Waals surface area (Å²) < 4.78 is 26.0. The third-order valence-corrected chi connectivity index (χ3v) is 3.85. The summed E-state index contributed by atoms with van der Waals surface area (Å²) >= 11 is 0. The Balaban J connectivity index is 2.97. The number of aliphatic imine (C=N–C) groups is 1. The summed E-state index contributed by atoms with van der Waals surface area (Å²) in [5, 5.41) is 2.01. The molecule has 0 atom stereocenters. The highest BCUT2D eigenvalue weighted by Gasteiger charge is 2.21. The Morgan fingerprint density at radius 2 is 2.18 bits per heavy atom. The molecule has 10 heteroatoms. The van der Waals surface area contributed by atoms with Gasteiger partial charge in [-0.2, -0.15) is 8.42 Å². The average molecular weight is 325 g/mol. The molecule has 0 fully saturated rings. The van der Waals surface area contributed by atoms with Crippen LogP contribution in [0.5, 0.6) is 0 Å². The van der Waals surface area contributed by atoms with Gasteiger partial charge in [-0.3, -0.25) is 0 Å². The zero-order valence-electron chi connectivity index (χ0n) is 13.0. The zero-order chi connectivity index (χ0) is 16.6. The van der Waals surface area contributed by atoms with E-state index in [9.17, 15) is 13.2 Å². The number of carbonyl (C=O) groups excluding carboxylic acids is 1. The fourth-order valence-electron chi connectivity index (χ4n) is 1.62. The van der Waals surface area contributed by atoms with Crippen molar-refractivity contribution in [1.29, 1.82) is 0 Å². The van der Waals surface area contributed by atoms with Gasteiger partial charge in [0.1, 0.15) is 0 Å². The van der Waals surface area contributed by atoms with Crippen molar-refractivity contribution >= 4 is 30.0 Å². The average Bonchev–Trinajstić information content (AvgIpc) is 2.50. The number of aromatic nitrogens is 2. The minimum absolute atomic E-state index is 0.385. The maximum atomic E-state index is 12.1. The van der Waals surface area contributed by atoms with Crippen LogP contribution < -0.4 is 10.0 Å². The molecule has 0 saturated carbocycles. The van der Waals surface area contributed by atoms with Crippen molar-refractivity contribution in [2.75, 3.05) is 6.54 Å². The van der Waals surface area contributed by atoms with E-state index in [4.69, 9.17) is 0 Å². The molecule has 1 heterocycles. The fraction of sp³-hybridized carbons (Fsp3) is 0.500. The lowest BCUT2D eigenvalue weighted by Gasteiger charge is -2.09. The number of hydrogen-bond donors (Lipinski definition) is 2. The molecule has 1 rings (SSSR count). The van der Waals surface area contributed by atoms with Crippen molar-refractivity contribution in [3.63, 3.8) is 0 Å². The number of nitrogens with one attached hydrogen (secondary N) is 2. The Hall–Kier alpha value is -1.97. The molecule has 0 spiro atoms. The number of nitrogens with zero attached hydrogens (tertiary/aromatic N) is 3. The van der Waals surface area contributed by atoms with E-state index in [0.717, 1.165) is 5.56 Å². The van der Waals surface area contributed by atoms with Gasteiger partial charge in [-0.05, 0) is 19.0 Å². The van der Waals surface area contributed by atoms with Crippen LogP contribution in [0.1, 0.15) is 31.5 Å². The summed E-state index contributed by atoms with van der Waals surface area (Å²) in [7, 11) is -2.29. The highest BCUT2D eigenvalue weighted by atomic mass is 32.2. The molecule has 1 aromatic heterocycles. The van der Waals surface area contributed by atoms with Crippen LogP contribution in [0.3, 0.4) is 0 Å². The molecule has 0 aliphatic carbocycles. The van der Waals surface area contributed by atoms with Gasteiger partial charge in [0.2, 0.25) is 0 Å². The predicted molar refractivity (Wildman–Crippen MR) is 86.2 cm³/mol. The number of carbonyl (C=O) groups is 1. The van der Waals surface area contributed by atoms with Gasteiger partial charge in [-0.1, -0.05) is 13.8 Å². The van der Waals surface area contributed by atoms with Crippen molar-refractivity contribution in [2.24, 2.45) is 4.99 Å². The van der Waals surface area contributed by atoms with E-state index < -0.39 is 21.2 Å². The molecule has 0 unspecified atom stereocenters. The Morgan fingerprint density at radius 1 is 1.45 bits per heavy atom. The van der Waals surface area contributed by atoms with Gasteiger partial charge >= 0.3 is 16.1 Å². The molecule has 0 aliphatic rings.